The van der Waals surface area contributed by atoms with Gasteiger partial charge in [0, 0.05) is 7.11 Å². The van der Waals surface area contributed by atoms with E-state index >= 15 is 0 Å². The second-order valence-corrected chi connectivity index (χ2v) is 4.65. The molecule has 0 aliphatic heterocycles. The zero-order valence-electron chi connectivity index (χ0n) is 9.31. The first-order valence-electron chi connectivity index (χ1n) is 5.41. The maximum atomic E-state index is 10.2. The van der Waals surface area contributed by atoms with Crippen LogP contribution in [0.5, 0.6) is 0 Å². The Balaban J connectivity index is 2.02. The summed E-state index contributed by atoms with van der Waals surface area (Å²) in [6.45, 7) is 2.28. The zero-order chi connectivity index (χ0) is 10.9. The average Bonchev–Trinajstić information content (AvgIpc) is 2.99. The molecule has 1 aromatic rings. The van der Waals surface area contributed by atoms with E-state index in [1.54, 1.807) is 7.11 Å². The van der Waals surface area contributed by atoms with Gasteiger partial charge in [-0.3, -0.25) is 0 Å². The lowest BCUT2D eigenvalue weighted by Gasteiger charge is -2.22. The molecular formula is C13H18O2. The molecule has 2 rings (SSSR count). The van der Waals surface area contributed by atoms with Gasteiger partial charge in [-0.15, -0.1) is 0 Å². The second kappa shape index (κ2) is 3.95. The lowest BCUT2D eigenvalue weighted by atomic mass is 9.97. The highest BCUT2D eigenvalue weighted by atomic mass is 16.5. The molecule has 1 saturated carbocycles. The van der Waals surface area contributed by atoms with Gasteiger partial charge in [-0.2, -0.15) is 0 Å². The van der Waals surface area contributed by atoms with Gasteiger partial charge in [0.2, 0.25) is 0 Å². The normalized spacial score (nSPS) is 28.5. The van der Waals surface area contributed by atoms with Gasteiger partial charge in [-0.05, 0) is 30.7 Å². The number of hydrogen-bond acceptors (Lipinski definition) is 2. The van der Waals surface area contributed by atoms with Crippen LogP contribution in [0.25, 0.3) is 0 Å². The van der Waals surface area contributed by atoms with Crippen molar-refractivity contribution in [3.8, 4) is 0 Å². The highest BCUT2D eigenvalue weighted by molar-refractivity contribution is 5.27. The molecule has 0 heterocycles. The van der Waals surface area contributed by atoms with Crippen LogP contribution >= 0.6 is 0 Å². The number of methoxy groups -OCH3 is 1. The third-order valence-corrected chi connectivity index (χ3v) is 3.25. The standard InChI is InChI=1S/C13H18O2/c1-13(14,9-15-2)12-8-11(12)10-6-4-3-5-7-10/h3-7,11-12,14H,8-9H2,1-2H3. The van der Waals surface area contributed by atoms with Gasteiger partial charge in [0.15, 0.2) is 0 Å². The molecule has 1 N–H and O–H groups in total. The van der Waals surface area contributed by atoms with E-state index in [2.05, 4.69) is 24.3 Å². The molecule has 2 nitrogen and oxygen atoms in total. The van der Waals surface area contributed by atoms with E-state index in [-0.39, 0.29) is 0 Å². The van der Waals surface area contributed by atoms with Crippen molar-refractivity contribution < 1.29 is 9.84 Å². The summed E-state index contributed by atoms with van der Waals surface area (Å²) in [6.07, 6.45) is 1.07. The fourth-order valence-electron chi connectivity index (χ4n) is 2.35. The van der Waals surface area contributed by atoms with Gasteiger partial charge in [0.25, 0.3) is 0 Å². The van der Waals surface area contributed by atoms with Crippen molar-refractivity contribution in [1.29, 1.82) is 0 Å². The third kappa shape index (κ3) is 2.21. The van der Waals surface area contributed by atoms with Crippen molar-refractivity contribution in [1.82, 2.24) is 0 Å². The highest BCUT2D eigenvalue weighted by Gasteiger charge is 2.49. The van der Waals surface area contributed by atoms with Crippen LogP contribution in [0.2, 0.25) is 0 Å². The van der Waals surface area contributed by atoms with Crippen LogP contribution in [-0.4, -0.2) is 24.4 Å². The Kier molecular flexibility index (Phi) is 2.81. The predicted octanol–water partition coefficient (Wildman–Crippen LogP) is 2.19. The third-order valence-electron chi connectivity index (χ3n) is 3.25. The summed E-state index contributed by atoms with van der Waals surface area (Å²) in [5, 5.41) is 10.2. The van der Waals surface area contributed by atoms with E-state index in [1.807, 2.05) is 13.0 Å². The average molecular weight is 206 g/mol. The lowest BCUT2D eigenvalue weighted by Crippen LogP contribution is -2.33. The van der Waals surface area contributed by atoms with E-state index in [0.29, 0.717) is 18.4 Å². The van der Waals surface area contributed by atoms with E-state index < -0.39 is 5.60 Å². The molecule has 1 aromatic carbocycles. The lowest BCUT2D eigenvalue weighted by molar-refractivity contribution is -0.0345. The molecule has 82 valence electrons. The fourth-order valence-corrected chi connectivity index (χ4v) is 2.35. The summed E-state index contributed by atoms with van der Waals surface area (Å²) in [5.41, 5.74) is 0.647. The first kappa shape index (κ1) is 10.7. The summed E-state index contributed by atoms with van der Waals surface area (Å²) in [4.78, 5) is 0. The minimum absolute atomic E-state index is 0.347. The van der Waals surface area contributed by atoms with Crippen LogP contribution < -0.4 is 0 Å². The van der Waals surface area contributed by atoms with Crippen molar-refractivity contribution in [2.24, 2.45) is 5.92 Å². The quantitative estimate of drug-likeness (QED) is 0.818. The Labute approximate surface area is 90.9 Å². The summed E-state index contributed by atoms with van der Waals surface area (Å²) in [6, 6.07) is 10.4. The van der Waals surface area contributed by atoms with Crippen molar-refractivity contribution in [3.63, 3.8) is 0 Å². The fraction of sp³-hybridized carbons (Fsp3) is 0.538. The van der Waals surface area contributed by atoms with Gasteiger partial charge in [-0.1, -0.05) is 30.3 Å². The monoisotopic (exact) mass is 206 g/mol. The Bertz CT molecular complexity index is 319. The minimum Gasteiger partial charge on any atom is -0.387 e. The zero-order valence-corrected chi connectivity index (χ0v) is 9.31. The van der Waals surface area contributed by atoms with Gasteiger partial charge < -0.3 is 9.84 Å². The Morgan fingerprint density at radius 3 is 2.67 bits per heavy atom. The second-order valence-electron chi connectivity index (χ2n) is 4.65. The Morgan fingerprint density at radius 1 is 1.40 bits per heavy atom. The number of hydrogen-bond donors (Lipinski definition) is 1. The molecule has 0 aromatic heterocycles. The number of benzene rings is 1. The van der Waals surface area contributed by atoms with Crippen molar-refractivity contribution in [2.75, 3.05) is 13.7 Å². The van der Waals surface area contributed by atoms with Crippen LogP contribution in [-0.2, 0) is 4.74 Å². The molecule has 0 amide bonds. The molecule has 2 heteroatoms. The van der Waals surface area contributed by atoms with E-state index in [0.717, 1.165) is 6.42 Å². The smallest absolute Gasteiger partial charge is 0.0886 e. The first-order valence-corrected chi connectivity index (χ1v) is 5.41. The Morgan fingerprint density at radius 2 is 2.07 bits per heavy atom. The molecule has 1 aliphatic carbocycles. The van der Waals surface area contributed by atoms with Crippen molar-refractivity contribution in [3.05, 3.63) is 35.9 Å². The molecular weight excluding hydrogens is 188 g/mol. The van der Waals surface area contributed by atoms with Crippen LogP contribution in [0.4, 0.5) is 0 Å². The highest BCUT2D eigenvalue weighted by Crippen LogP contribution is 2.53. The predicted molar refractivity (Wildman–Crippen MR) is 59.8 cm³/mol. The first-order chi connectivity index (χ1) is 7.15. The molecule has 1 aliphatic rings. The summed E-state index contributed by atoms with van der Waals surface area (Å²) in [5.74, 6) is 0.858. The number of ether oxygens (including phenoxy) is 1. The van der Waals surface area contributed by atoms with Gasteiger partial charge in [0.1, 0.15) is 0 Å². The Hall–Kier alpha value is -0.860. The van der Waals surface area contributed by atoms with Gasteiger partial charge in [0.05, 0.1) is 12.2 Å². The van der Waals surface area contributed by atoms with Crippen LogP contribution in [0.1, 0.15) is 24.8 Å². The molecule has 0 spiro atoms. The van der Waals surface area contributed by atoms with Crippen LogP contribution in [0.15, 0.2) is 30.3 Å². The molecule has 3 atom stereocenters. The minimum atomic E-state index is -0.685. The van der Waals surface area contributed by atoms with E-state index in [4.69, 9.17) is 4.74 Å². The van der Waals surface area contributed by atoms with E-state index in [1.165, 1.54) is 5.56 Å². The maximum absolute atomic E-state index is 10.2. The van der Waals surface area contributed by atoms with Crippen LogP contribution in [0.3, 0.4) is 0 Å². The topological polar surface area (TPSA) is 29.5 Å². The molecule has 3 unspecified atom stereocenters. The molecule has 15 heavy (non-hydrogen) atoms. The molecule has 1 fully saturated rings. The van der Waals surface area contributed by atoms with Gasteiger partial charge >= 0.3 is 0 Å². The van der Waals surface area contributed by atoms with E-state index in [9.17, 15) is 5.11 Å². The number of aliphatic hydroxyl groups is 1. The molecule has 0 radical (unpaired) electrons. The maximum Gasteiger partial charge on any atom is 0.0886 e. The molecule has 0 saturated heterocycles. The van der Waals surface area contributed by atoms with Gasteiger partial charge in [-0.25, -0.2) is 0 Å². The molecule has 0 bridgehead atoms. The summed E-state index contributed by atoms with van der Waals surface area (Å²) >= 11 is 0. The summed E-state index contributed by atoms with van der Waals surface area (Å²) in [7, 11) is 1.63. The summed E-state index contributed by atoms with van der Waals surface area (Å²) < 4.78 is 5.04. The number of rotatable bonds is 4. The largest absolute Gasteiger partial charge is 0.387 e. The SMILES string of the molecule is COCC(C)(O)C1CC1c1ccccc1. The van der Waals surface area contributed by atoms with Crippen LogP contribution in [0, 0.1) is 5.92 Å². The van der Waals surface area contributed by atoms with Crippen molar-refractivity contribution >= 4 is 0 Å². The van der Waals surface area contributed by atoms with Crippen molar-refractivity contribution in [2.45, 2.75) is 24.9 Å².